The van der Waals surface area contributed by atoms with E-state index in [2.05, 4.69) is 31.6 Å². The van der Waals surface area contributed by atoms with E-state index in [4.69, 9.17) is 4.74 Å². The van der Waals surface area contributed by atoms with Crippen LogP contribution in [0.4, 0.5) is 0 Å². The first-order valence-electron chi connectivity index (χ1n) is 7.19. The summed E-state index contributed by atoms with van der Waals surface area (Å²) in [5.41, 5.74) is 1.36. The number of halogens is 1. The smallest absolute Gasteiger partial charge is 0.273 e. The maximum absolute atomic E-state index is 12.3. The molecule has 1 aromatic carbocycles. The van der Waals surface area contributed by atoms with Gasteiger partial charge in [0.05, 0.1) is 24.9 Å². The number of hydrogen-bond donors (Lipinski definition) is 1. The standard InChI is InChI=1S/C15H17BrN4O2/c1-10(11-2-4-12(16)5-3-11)17-15(21)14-8-20(19-18-14)13-6-7-22-9-13/h2-5,8,10,13H,6-7,9H2,1H3,(H,17,21)/t10-,13?/m0/s1. The molecule has 1 aromatic heterocycles. The van der Waals surface area contributed by atoms with Crippen LogP contribution in [-0.2, 0) is 4.74 Å². The van der Waals surface area contributed by atoms with Crippen LogP contribution in [0.1, 0.15) is 41.5 Å². The third kappa shape index (κ3) is 3.36. The molecule has 0 spiro atoms. The molecular formula is C15H17BrN4O2. The van der Waals surface area contributed by atoms with Crippen molar-refractivity contribution in [3.63, 3.8) is 0 Å². The molecule has 1 fully saturated rings. The zero-order chi connectivity index (χ0) is 15.5. The van der Waals surface area contributed by atoms with E-state index in [0.29, 0.717) is 12.3 Å². The molecule has 2 heterocycles. The summed E-state index contributed by atoms with van der Waals surface area (Å²) in [5.74, 6) is -0.222. The fraction of sp³-hybridized carbons (Fsp3) is 0.400. The zero-order valence-electron chi connectivity index (χ0n) is 12.2. The summed E-state index contributed by atoms with van der Waals surface area (Å²) in [4.78, 5) is 12.3. The lowest BCUT2D eigenvalue weighted by Gasteiger charge is -2.13. The molecule has 2 atom stereocenters. The molecule has 0 aliphatic carbocycles. The number of carbonyl (C=O) groups is 1. The van der Waals surface area contributed by atoms with Crippen molar-refractivity contribution in [1.29, 1.82) is 0 Å². The number of amides is 1. The first-order valence-corrected chi connectivity index (χ1v) is 7.98. The number of nitrogens with zero attached hydrogens (tertiary/aromatic N) is 3. The van der Waals surface area contributed by atoms with Gasteiger partial charge in [-0.3, -0.25) is 4.79 Å². The first kappa shape index (κ1) is 15.2. The minimum Gasteiger partial charge on any atom is -0.379 e. The molecule has 6 nitrogen and oxygen atoms in total. The molecule has 7 heteroatoms. The lowest BCUT2D eigenvalue weighted by molar-refractivity contribution is 0.0934. The first-order chi connectivity index (χ1) is 10.6. The molecule has 0 bridgehead atoms. The Morgan fingerprint density at radius 3 is 2.91 bits per heavy atom. The van der Waals surface area contributed by atoms with Gasteiger partial charge in [0.25, 0.3) is 5.91 Å². The minimum atomic E-state index is -0.222. The zero-order valence-corrected chi connectivity index (χ0v) is 13.8. The summed E-state index contributed by atoms with van der Waals surface area (Å²) in [5, 5.41) is 10.9. The molecule has 1 amide bonds. The second-order valence-electron chi connectivity index (χ2n) is 5.35. The van der Waals surface area contributed by atoms with E-state index >= 15 is 0 Å². The molecule has 0 radical (unpaired) electrons. The van der Waals surface area contributed by atoms with Crippen molar-refractivity contribution in [2.24, 2.45) is 0 Å². The van der Waals surface area contributed by atoms with Gasteiger partial charge in [-0.05, 0) is 31.0 Å². The van der Waals surface area contributed by atoms with Crippen LogP contribution < -0.4 is 5.32 Å². The van der Waals surface area contributed by atoms with E-state index in [1.54, 1.807) is 10.9 Å². The summed E-state index contributed by atoms with van der Waals surface area (Å²) in [6.45, 7) is 3.29. The number of rotatable bonds is 4. The fourth-order valence-electron chi connectivity index (χ4n) is 2.40. The lowest BCUT2D eigenvalue weighted by atomic mass is 10.1. The van der Waals surface area contributed by atoms with Gasteiger partial charge in [0.1, 0.15) is 0 Å². The van der Waals surface area contributed by atoms with E-state index < -0.39 is 0 Å². The second-order valence-corrected chi connectivity index (χ2v) is 6.26. The van der Waals surface area contributed by atoms with E-state index in [1.165, 1.54) is 0 Å². The van der Waals surface area contributed by atoms with E-state index in [-0.39, 0.29) is 18.0 Å². The maximum atomic E-state index is 12.3. The minimum absolute atomic E-state index is 0.0967. The summed E-state index contributed by atoms with van der Waals surface area (Å²) >= 11 is 3.40. The SMILES string of the molecule is C[C@H](NC(=O)c1cn(C2CCOC2)nn1)c1ccc(Br)cc1. The monoisotopic (exact) mass is 364 g/mol. The second kappa shape index (κ2) is 6.58. The van der Waals surface area contributed by atoms with Crippen LogP contribution in [0.3, 0.4) is 0 Å². The van der Waals surface area contributed by atoms with Crippen LogP contribution in [0.2, 0.25) is 0 Å². The molecule has 116 valence electrons. The van der Waals surface area contributed by atoms with Crippen molar-refractivity contribution in [2.45, 2.75) is 25.4 Å². The summed E-state index contributed by atoms with van der Waals surface area (Å²) in [6.07, 6.45) is 2.59. The predicted molar refractivity (Wildman–Crippen MR) is 84.5 cm³/mol. The number of ether oxygens (including phenoxy) is 1. The van der Waals surface area contributed by atoms with Crippen LogP contribution >= 0.6 is 15.9 Å². The Bertz CT molecular complexity index is 650. The topological polar surface area (TPSA) is 69.0 Å². The molecule has 1 aliphatic heterocycles. The van der Waals surface area contributed by atoms with Gasteiger partial charge in [-0.25, -0.2) is 4.68 Å². The van der Waals surface area contributed by atoms with Gasteiger partial charge in [-0.2, -0.15) is 0 Å². The molecule has 2 aromatic rings. The van der Waals surface area contributed by atoms with Crippen LogP contribution in [0, 0.1) is 0 Å². The highest BCUT2D eigenvalue weighted by Crippen LogP contribution is 2.19. The van der Waals surface area contributed by atoms with E-state index in [9.17, 15) is 4.79 Å². The van der Waals surface area contributed by atoms with Crippen molar-refractivity contribution in [2.75, 3.05) is 13.2 Å². The maximum Gasteiger partial charge on any atom is 0.273 e. The number of benzene rings is 1. The van der Waals surface area contributed by atoms with Crippen molar-refractivity contribution in [1.82, 2.24) is 20.3 Å². The lowest BCUT2D eigenvalue weighted by Crippen LogP contribution is -2.27. The molecule has 1 unspecified atom stereocenters. The highest BCUT2D eigenvalue weighted by Gasteiger charge is 2.21. The third-order valence-corrected chi connectivity index (χ3v) is 4.27. The molecule has 1 N–H and O–H groups in total. The quantitative estimate of drug-likeness (QED) is 0.904. The summed E-state index contributed by atoms with van der Waals surface area (Å²) in [7, 11) is 0. The number of carbonyl (C=O) groups excluding carboxylic acids is 1. The molecule has 22 heavy (non-hydrogen) atoms. The van der Waals surface area contributed by atoms with Gasteiger partial charge in [-0.15, -0.1) is 5.10 Å². The van der Waals surface area contributed by atoms with E-state index in [0.717, 1.165) is 23.1 Å². The Morgan fingerprint density at radius 1 is 1.45 bits per heavy atom. The van der Waals surface area contributed by atoms with Crippen LogP contribution in [0.5, 0.6) is 0 Å². The van der Waals surface area contributed by atoms with Crippen molar-refractivity contribution in [3.05, 3.63) is 46.2 Å². The molecular weight excluding hydrogens is 348 g/mol. The fourth-order valence-corrected chi connectivity index (χ4v) is 2.66. The molecule has 1 aliphatic rings. The Kier molecular flexibility index (Phi) is 4.54. The van der Waals surface area contributed by atoms with Gasteiger partial charge >= 0.3 is 0 Å². The highest BCUT2D eigenvalue weighted by molar-refractivity contribution is 9.10. The Balaban J connectivity index is 1.65. The normalized spacial score (nSPS) is 19.1. The van der Waals surface area contributed by atoms with Gasteiger partial charge in [0, 0.05) is 11.1 Å². The van der Waals surface area contributed by atoms with Crippen molar-refractivity contribution in [3.8, 4) is 0 Å². The number of nitrogens with one attached hydrogen (secondary N) is 1. The highest BCUT2D eigenvalue weighted by atomic mass is 79.9. The summed E-state index contributed by atoms with van der Waals surface area (Å²) in [6, 6.07) is 7.94. The van der Waals surface area contributed by atoms with E-state index in [1.807, 2.05) is 31.2 Å². The van der Waals surface area contributed by atoms with Crippen LogP contribution in [-0.4, -0.2) is 34.1 Å². The van der Waals surface area contributed by atoms with Crippen LogP contribution in [0.15, 0.2) is 34.9 Å². The Morgan fingerprint density at radius 2 is 2.23 bits per heavy atom. The molecule has 0 saturated carbocycles. The average Bonchev–Trinajstić information content (AvgIpc) is 3.19. The van der Waals surface area contributed by atoms with Gasteiger partial charge in [-0.1, -0.05) is 33.3 Å². The van der Waals surface area contributed by atoms with Gasteiger partial charge in [0.15, 0.2) is 5.69 Å². The predicted octanol–water partition coefficient (Wildman–Crippen LogP) is 2.49. The Labute approximate surface area is 137 Å². The largest absolute Gasteiger partial charge is 0.379 e. The van der Waals surface area contributed by atoms with Crippen molar-refractivity contribution < 1.29 is 9.53 Å². The average molecular weight is 365 g/mol. The van der Waals surface area contributed by atoms with Crippen molar-refractivity contribution >= 4 is 21.8 Å². The number of aromatic nitrogens is 3. The third-order valence-electron chi connectivity index (χ3n) is 3.74. The van der Waals surface area contributed by atoms with Gasteiger partial charge < -0.3 is 10.1 Å². The summed E-state index contributed by atoms with van der Waals surface area (Å²) < 4.78 is 8.05. The van der Waals surface area contributed by atoms with Gasteiger partial charge in [0.2, 0.25) is 0 Å². The Hall–Kier alpha value is -1.73. The molecule has 3 rings (SSSR count). The molecule has 1 saturated heterocycles. The number of hydrogen-bond acceptors (Lipinski definition) is 4. The van der Waals surface area contributed by atoms with Crippen LogP contribution in [0.25, 0.3) is 0 Å².